The maximum Gasteiger partial charge on any atom is 0.145 e. The number of hydrogen-bond donors (Lipinski definition) is 2. The Hall–Kier alpha value is -1.69. The summed E-state index contributed by atoms with van der Waals surface area (Å²) in [5, 5.41) is 6.48. The highest BCUT2D eigenvalue weighted by molar-refractivity contribution is 9.10. The second kappa shape index (κ2) is 7.04. The molecule has 0 aliphatic rings. The maximum absolute atomic E-state index is 4.23. The number of nitrogens with zero attached hydrogens (tertiary/aromatic N) is 3. The number of anilines is 2. The molecule has 0 aliphatic carbocycles. The fourth-order valence-corrected chi connectivity index (χ4v) is 2.14. The molecule has 0 bridgehead atoms. The molecule has 0 aliphatic heterocycles. The second-order valence-corrected chi connectivity index (χ2v) is 4.74. The average Bonchev–Trinajstić information content (AvgIpc) is 2.44. The van der Waals surface area contributed by atoms with Crippen LogP contribution in [0.25, 0.3) is 0 Å². The van der Waals surface area contributed by atoms with Crippen LogP contribution in [-0.4, -0.2) is 28.0 Å². The Balaban J connectivity index is 1.94. The normalized spacial score (nSPS) is 10.2. The monoisotopic (exact) mass is 321 g/mol. The van der Waals surface area contributed by atoms with E-state index in [9.17, 15) is 0 Å². The van der Waals surface area contributed by atoms with Gasteiger partial charge in [0, 0.05) is 25.5 Å². The molecule has 6 heteroatoms. The lowest BCUT2D eigenvalue weighted by atomic mass is 10.2. The standard InChI is InChI=1S/C13H16BrN5/c1-2-16-12-11(14)13(19-9-18-12)17-8-5-10-3-6-15-7-4-10/h3-4,6-7,9H,2,5,8H2,1H3,(H2,16,17,18,19). The average molecular weight is 322 g/mol. The molecule has 2 aromatic heterocycles. The van der Waals surface area contributed by atoms with E-state index in [1.165, 1.54) is 5.56 Å². The largest absolute Gasteiger partial charge is 0.369 e. The van der Waals surface area contributed by atoms with Crippen LogP contribution >= 0.6 is 15.9 Å². The summed E-state index contributed by atoms with van der Waals surface area (Å²) in [5.74, 6) is 1.61. The molecule has 0 unspecified atom stereocenters. The summed E-state index contributed by atoms with van der Waals surface area (Å²) in [6, 6.07) is 4.03. The molecule has 0 spiro atoms. The molecule has 0 aromatic carbocycles. The molecule has 100 valence electrons. The van der Waals surface area contributed by atoms with Crippen LogP contribution < -0.4 is 10.6 Å². The summed E-state index contributed by atoms with van der Waals surface area (Å²) >= 11 is 3.51. The van der Waals surface area contributed by atoms with Crippen molar-refractivity contribution < 1.29 is 0 Å². The minimum Gasteiger partial charge on any atom is -0.369 e. The van der Waals surface area contributed by atoms with Crippen LogP contribution in [0.2, 0.25) is 0 Å². The number of aromatic nitrogens is 3. The number of rotatable bonds is 6. The SMILES string of the molecule is CCNc1ncnc(NCCc2ccncc2)c1Br. The third-order valence-electron chi connectivity index (χ3n) is 2.59. The zero-order valence-corrected chi connectivity index (χ0v) is 12.3. The molecule has 0 radical (unpaired) electrons. The molecule has 2 aromatic rings. The van der Waals surface area contributed by atoms with Gasteiger partial charge >= 0.3 is 0 Å². The number of halogens is 1. The van der Waals surface area contributed by atoms with Gasteiger partial charge in [-0.3, -0.25) is 4.98 Å². The maximum atomic E-state index is 4.23. The minimum absolute atomic E-state index is 0.806. The summed E-state index contributed by atoms with van der Waals surface area (Å²) in [7, 11) is 0. The van der Waals surface area contributed by atoms with Crippen molar-refractivity contribution in [2.75, 3.05) is 23.7 Å². The predicted molar refractivity (Wildman–Crippen MR) is 80.3 cm³/mol. The molecule has 2 heterocycles. The lowest BCUT2D eigenvalue weighted by molar-refractivity contribution is 0.988. The molecular weight excluding hydrogens is 306 g/mol. The van der Waals surface area contributed by atoms with Gasteiger partial charge in [0.15, 0.2) is 0 Å². The predicted octanol–water partition coefficient (Wildman–Crippen LogP) is 2.72. The smallest absolute Gasteiger partial charge is 0.145 e. The van der Waals surface area contributed by atoms with E-state index < -0.39 is 0 Å². The molecule has 19 heavy (non-hydrogen) atoms. The van der Waals surface area contributed by atoms with E-state index in [1.54, 1.807) is 18.7 Å². The van der Waals surface area contributed by atoms with Crippen LogP contribution in [0.3, 0.4) is 0 Å². The van der Waals surface area contributed by atoms with E-state index in [2.05, 4.69) is 41.5 Å². The first-order valence-corrected chi connectivity index (χ1v) is 6.97. The molecule has 0 saturated carbocycles. The van der Waals surface area contributed by atoms with Crippen molar-refractivity contribution in [3.63, 3.8) is 0 Å². The lowest BCUT2D eigenvalue weighted by Gasteiger charge is -2.10. The van der Waals surface area contributed by atoms with Crippen LogP contribution in [0.4, 0.5) is 11.6 Å². The van der Waals surface area contributed by atoms with Crippen molar-refractivity contribution in [2.24, 2.45) is 0 Å². The van der Waals surface area contributed by atoms with Gasteiger partial charge in [-0.15, -0.1) is 0 Å². The Labute approximate surface area is 121 Å². The van der Waals surface area contributed by atoms with E-state index >= 15 is 0 Å². The van der Waals surface area contributed by atoms with Gasteiger partial charge in [-0.05, 0) is 47.0 Å². The molecular formula is C13H16BrN5. The summed E-state index contributed by atoms with van der Waals surface area (Å²) in [6.45, 7) is 3.67. The Morgan fingerprint density at radius 2 is 1.79 bits per heavy atom. The van der Waals surface area contributed by atoms with Gasteiger partial charge in [-0.1, -0.05) is 0 Å². The lowest BCUT2D eigenvalue weighted by Crippen LogP contribution is -2.09. The molecule has 2 N–H and O–H groups in total. The molecule has 2 rings (SSSR count). The van der Waals surface area contributed by atoms with Gasteiger partial charge in [0.05, 0.1) is 0 Å². The highest BCUT2D eigenvalue weighted by Gasteiger charge is 2.07. The Morgan fingerprint density at radius 3 is 2.47 bits per heavy atom. The van der Waals surface area contributed by atoms with Crippen LogP contribution in [0.15, 0.2) is 35.3 Å². The number of hydrogen-bond acceptors (Lipinski definition) is 5. The van der Waals surface area contributed by atoms with Crippen molar-refractivity contribution in [2.45, 2.75) is 13.3 Å². The molecule has 0 atom stereocenters. The Morgan fingerprint density at radius 1 is 1.11 bits per heavy atom. The molecule has 0 saturated heterocycles. The number of nitrogens with one attached hydrogen (secondary N) is 2. The van der Waals surface area contributed by atoms with Gasteiger partial charge in [-0.2, -0.15) is 0 Å². The van der Waals surface area contributed by atoms with Crippen LogP contribution in [0.5, 0.6) is 0 Å². The van der Waals surface area contributed by atoms with Crippen LogP contribution in [0, 0.1) is 0 Å². The van der Waals surface area contributed by atoms with Crippen LogP contribution in [-0.2, 0) is 6.42 Å². The van der Waals surface area contributed by atoms with Crippen molar-refractivity contribution in [3.05, 3.63) is 40.9 Å². The zero-order valence-electron chi connectivity index (χ0n) is 10.7. The fraction of sp³-hybridized carbons (Fsp3) is 0.308. The van der Waals surface area contributed by atoms with Crippen molar-refractivity contribution in [1.82, 2.24) is 15.0 Å². The number of pyridine rings is 1. The highest BCUT2D eigenvalue weighted by atomic mass is 79.9. The minimum atomic E-state index is 0.806. The van der Waals surface area contributed by atoms with E-state index in [0.29, 0.717) is 0 Å². The summed E-state index contributed by atoms with van der Waals surface area (Å²) in [4.78, 5) is 12.4. The third-order valence-corrected chi connectivity index (χ3v) is 3.34. The topological polar surface area (TPSA) is 62.7 Å². The second-order valence-electron chi connectivity index (χ2n) is 3.95. The quantitative estimate of drug-likeness (QED) is 0.856. The zero-order chi connectivity index (χ0) is 13.5. The highest BCUT2D eigenvalue weighted by Crippen LogP contribution is 2.26. The molecule has 0 amide bonds. The van der Waals surface area contributed by atoms with Crippen LogP contribution in [0.1, 0.15) is 12.5 Å². The van der Waals surface area contributed by atoms with Gasteiger partial charge < -0.3 is 10.6 Å². The first kappa shape index (κ1) is 13.7. The summed E-state index contributed by atoms with van der Waals surface area (Å²) in [5.41, 5.74) is 1.25. The fourth-order valence-electron chi connectivity index (χ4n) is 1.66. The first-order chi connectivity index (χ1) is 9.31. The van der Waals surface area contributed by atoms with E-state index in [1.807, 2.05) is 19.1 Å². The van der Waals surface area contributed by atoms with Gasteiger partial charge in [0.2, 0.25) is 0 Å². The van der Waals surface area contributed by atoms with E-state index in [0.717, 1.165) is 35.6 Å². The Kier molecular flexibility index (Phi) is 5.09. The van der Waals surface area contributed by atoms with Crippen molar-refractivity contribution in [1.29, 1.82) is 0 Å². The van der Waals surface area contributed by atoms with Gasteiger partial charge in [-0.25, -0.2) is 9.97 Å². The third kappa shape index (κ3) is 3.89. The van der Waals surface area contributed by atoms with E-state index in [-0.39, 0.29) is 0 Å². The van der Waals surface area contributed by atoms with Gasteiger partial charge in [0.25, 0.3) is 0 Å². The van der Waals surface area contributed by atoms with E-state index in [4.69, 9.17) is 0 Å². The summed E-state index contributed by atoms with van der Waals surface area (Å²) < 4.78 is 0.867. The molecule has 0 fully saturated rings. The first-order valence-electron chi connectivity index (χ1n) is 6.18. The summed E-state index contributed by atoms with van der Waals surface area (Å²) in [6.07, 6.45) is 6.09. The van der Waals surface area contributed by atoms with Gasteiger partial charge in [0.1, 0.15) is 22.4 Å². The van der Waals surface area contributed by atoms with Crippen molar-refractivity contribution in [3.8, 4) is 0 Å². The Bertz CT molecular complexity index is 518. The van der Waals surface area contributed by atoms with Crippen molar-refractivity contribution >= 4 is 27.6 Å². The molecule has 5 nitrogen and oxygen atoms in total.